The molecule has 2 aromatic carbocycles. The van der Waals surface area contributed by atoms with E-state index in [1.165, 1.54) is 15.9 Å². The van der Waals surface area contributed by atoms with Gasteiger partial charge in [-0.3, -0.25) is 9.36 Å². The van der Waals surface area contributed by atoms with Crippen molar-refractivity contribution in [1.82, 2.24) is 4.57 Å². The highest BCUT2D eigenvalue weighted by Crippen LogP contribution is 2.36. The van der Waals surface area contributed by atoms with Crippen LogP contribution in [-0.2, 0) is 9.53 Å². The van der Waals surface area contributed by atoms with Gasteiger partial charge in [0, 0.05) is 11.1 Å². The number of aromatic hydroxyl groups is 1. The van der Waals surface area contributed by atoms with Crippen molar-refractivity contribution in [3.05, 3.63) is 90.6 Å². The molecule has 0 bridgehead atoms. The number of aromatic nitrogens is 1. The Balaban J connectivity index is 2.00. The molecule has 34 heavy (non-hydrogen) atoms. The van der Waals surface area contributed by atoms with E-state index in [1.54, 1.807) is 44.2 Å². The Bertz CT molecular complexity index is 1450. The summed E-state index contributed by atoms with van der Waals surface area (Å²) in [6.07, 6.45) is 1.53. The number of nitrogens with zero attached hydrogens (tertiary/aromatic N) is 2. The van der Waals surface area contributed by atoms with Crippen molar-refractivity contribution in [2.45, 2.75) is 39.8 Å². The fourth-order valence-corrected chi connectivity index (χ4v) is 4.94. The number of hydrogen-bond acceptors (Lipinski definition) is 7. The molecule has 3 aromatic rings. The van der Waals surface area contributed by atoms with Gasteiger partial charge >= 0.3 is 5.97 Å². The van der Waals surface area contributed by atoms with Gasteiger partial charge in [0.25, 0.3) is 5.56 Å². The van der Waals surface area contributed by atoms with Crippen molar-refractivity contribution in [3.63, 3.8) is 0 Å². The Morgan fingerprint density at radius 2 is 1.91 bits per heavy atom. The molecule has 0 saturated carbocycles. The zero-order valence-electron chi connectivity index (χ0n) is 19.4. The van der Waals surface area contributed by atoms with E-state index in [9.17, 15) is 14.7 Å². The second-order valence-electron chi connectivity index (χ2n) is 8.07. The van der Waals surface area contributed by atoms with Crippen LogP contribution in [-0.4, -0.2) is 28.4 Å². The second-order valence-corrected chi connectivity index (χ2v) is 9.07. The molecule has 0 fully saturated rings. The van der Waals surface area contributed by atoms with E-state index in [0.29, 0.717) is 37.5 Å². The van der Waals surface area contributed by atoms with Crippen LogP contribution in [0.1, 0.15) is 44.9 Å². The summed E-state index contributed by atoms with van der Waals surface area (Å²) in [5.74, 6) is 0.126. The number of phenols is 1. The van der Waals surface area contributed by atoms with Gasteiger partial charge in [-0.05, 0) is 45.9 Å². The van der Waals surface area contributed by atoms with Crippen LogP contribution in [0.5, 0.6) is 11.5 Å². The average Bonchev–Trinajstić information content (AvgIpc) is 3.09. The SMILES string of the molecule is CCOC(=O)C1=C(C)N=c2s/c(=C\c3ccccc3O)c(=O)n2C1c1ccccc1OC(C)C. The number of fused-ring (bicyclic) bond motifs is 1. The summed E-state index contributed by atoms with van der Waals surface area (Å²) in [5.41, 5.74) is 1.66. The first-order valence-electron chi connectivity index (χ1n) is 11.0. The highest BCUT2D eigenvalue weighted by Gasteiger charge is 2.35. The molecule has 0 aliphatic carbocycles. The van der Waals surface area contributed by atoms with Crippen LogP contribution < -0.4 is 19.6 Å². The molecule has 2 heterocycles. The molecule has 1 atom stereocenters. The van der Waals surface area contributed by atoms with Crippen LogP contribution in [0.15, 0.2) is 69.6 Å². The van der Waals surface area contributed by atoms with Crippen molar-refractivity contribution in [3.8, 4) is 11.5 Å². The Labute approximate surface area is 200 Å². The van der Waals surface area contributed by atoms with Crippen molar-refractivity contribution >= 4 is 23.4 Å². The minimum absolute atomic E-state index is 0.0731. The molecule has 7 nitrogen and oxygen atoms in total. The monoisotopic (exact) mass is 478 g/mol. The van der Waals surface area contributed by atoms with Gasteiger partial charge in [0.1, 0.15) is 17.5 Å². The van der Waals surface area contributed by atoms with Crippen LogP contribution in [0.3, 0.4) is 0 Å². The molecule has 0 saturated heterocycles. The van der Waals surface area contributed by atoms with E-state index in [0.717, 1.165) is 0 Å². The Hall–Kier alpha value is -3.65. The van der Waals surface area contributed by atoms with Crippen LogP contribution in [0.2, 0.25) is 0 Å². The van der Waals surface area contributed by atoms with Crippen LogP contribution in [0, 0.1) is 0 Å². The molecule has 1 N–H and O–H groups in total. The summed E-state index contributed by atoms with van der Waals surface area (Å²) in [6, 6.07) is 13.4. The summed E-state index contributed by atoms with van der Waals surface area (Å²) < 4.78 is 13.3. The van der Waals surface area contributed by atoms with Crippen molar-refractivity contribution in [1.29, 1.82) is 0 Å². The maximum Gasteiger partial charge on any atom is 0.338 e. The normalized spacial score (nSPS) is 15.8. The predicted octanol–water partition coefficient (Wildman–Crippen LogP) is 3.29. The number of hydrogen-bond donors (Lipinski definition) is 1. The van der Waals surface area contributed by atoms with E-state index in [1.807, 2.05) is 38.1 Å². The molecule has 1 aromatic heterocycles. The van der Waals surface area contributed by atoms with Gasteiger partial charge in [-0.25, -0.2) is 9.79 Å². The van der Waals surface area contributed by atoms with E-state index < -0.39 is 12.0 Å². The van der Waals surface area contributed by atoms with Gasteiger partial charge in [-0.1, -0.05) is 47.7 Å². The maximum absolute atomic E-state index is 13.7. The molecule has 4 rings (SSSR count). The molecular weight excluding hydrogens is 452 g/mol. The fraction of sp³-hybridized carbons (Fsp3) is 0.269. The van der Waals surface area contributed by atoms with Gasteiger partial charge in [0.15, 0.2) is 4.80 Å². The van der Waals surface area contributed by atoms with Crippen LogP contribution in [0.25, 0.3) is 6.08 Å². The second kappa shape index (κ2) is 9.69. The van der Waals surface area contributed by atoms with Crippen molar-refractivity contribution in [2.75, 3.05) is 6.61 Å². The minimum Gasteiger partial charge on any atom is -0.507 e. The number of ether oxygens (including phenoxy) is 2. The quantitative estimate of drug-likeness (QED) is 0.549. The van der Waals surface area contributed by atoms with Crippen LogP contribution in [0.4, 0.5) is 0 Å². The van der Waals surface area contributed by atoms with Crippen molar-refractivity contribution in [2.24, 2.45) is 4.99 Å². The summed E-state index contributed by atoms with van der Waals surface area (Å²) in [7, 11) is 0. The predicted molar refractivity (Wildman–Crippen MR) is 131 cm³/mol. The standard InChI is InChI=1S/C26H26N2O5S/c1-5-32-25(31)22-16(4)27-26-28(23(22)18-11-7-9-13-20(18)33-15(2)3)24(30)21(34-26)14-17-10-6-8-12-19(17)29/h6-15,23,29H,5H2,1-4H3/b21-14-. The number of carbonyl (C=O) groups is 1. The summed E-state index contributed by atoms with van der Waals surface area (Å²) in [5, 5.41) is 10.2. The van der Waals surface area contributed by atoms with E-state index in [2.05, 4.69) is 4.99 Å². The minimum atomic E-state index is -0.767. The lowest BCUT2D eigenvalue weighted by atomic mass is 9.95. The molecule has 176 valence electrons. The highest BCUT2D eigenvalue weighted by molar-refractivity contribution is 7.07. The molecule has 8 heteroatoms. The summed E-state index contributed by atoms with van der Waals surface area (Å²) in [4.78, 5) is 31.8. The summed E-state index contributed by atoms with van der Waals surface area (Å²) in [6.45, 7) is 7.51. The average molecular weight is 479 g/mol. The van der Waals surface area contributed by atoms with E-state index >= 15 is 0 Å². The zero-order valence-corrected chi connectivity index (χ0v) is 20.3. The molecule has 0 radical (unpaired) electrons. The first-order chi connectivity index (χ1) is 16.3. The topological polar surface area (TPSA) is 90.1 Å². The van der Waals surface area contributed by atoms with E-state index in [-0.39, 0.29) is 24.0 Å². The third kappa shape index (κ3) is 4.41. The number of para-hydroxylation sites is 2. The maximum atomic E-state index is 13.7. The number of rotatable bonds is 6. The number of esters is 1. The Kier molecular flexibility index (Phi) is 6.70. The molecule has 1 unspecified atom stereocenters. The smallest absolute Gasteiger partial charge is 0.338 e. The molecule has 1 aliphatic rings. The molecule has 0 spiro atoms. The van der Waals surface area contributed by atoms with Gasteiger partial charge < -0.3 is 14.6 Å². The number of phenolic OH excluding ortho intramolecular Hbond substituents is 1. The first kappa shape index (κ1) is 23.5. The molecule has 1 aliphatic heterocycles. The number of carbonyl (C=O) groups excluding carboxylic acids is 1. The number of thiazole rings is 1. The lowest BCUT2D eigenvalue weighted by Crippen LogP contribution is -2.40. The van der Waals surface area contributed by atoms with Gasteiger partial charge in [0.2, 0.25) is 0 Å². The first-order valence-corrected chi connectivity index (χ1v) is 11.9. The molecular formula is C26H26N2O5S. The summed E-state index contributed by atoms with van der Waals surface area (Å²) >= 11 is 1.20. The van der Waals surface area contributed by atoms with Gasteiger partial charge in [-0.2, -0.15) is 0 Å². The number of allylic oxidation sites excluding steroid dienone is 1. The largest absolute Gasteiger partial charge is 0.507 e. The lowest BCUT2D eigenvalue weighted by Gasteiger charge is -2.26. The van der Waals surface area contributed by atoms with Gasteiger partial charge in [0.05, 0.1) is 28.5 Å². The Morgan fingerprint density at radius 3 is 2.62 bits per heavy atom. The number of benzene rings is 2. The third-order valence-electron chi connectivity index (χ3n) is 5.32. The Morgan fingerprint density at radius 1 is 1.21 bits per heavy atom. The molecule has 0 amide bonds. The van der Waals surface area contributed by atoms with Crippen molar-refractivity contribution < 1.29 is 19.4 Å². The highest BCUT2D eigenvalue weighted by atomic mass is 32.1. The van der Waals surface area contributed by atoms with Crippen LogP contribution >= 0.6 is 11.3 Å². The van der Waals surface area contributed by atoms with Gasteiger partial charge in [-0.15, -0.1) is 0 Å². The fourth-order valence-electron chi connectivity index (χ4n) is 3.90. The lowest BCUT2D eigenvalue weighted by molar-refractivity contribution is -0.139. The third-order valence-corrected chi connectivity index (χ3v) is 6.30. The zero-order chi connectivity index (χ0) is 24.4. The van der Waals surface area contributed by atoms with E-state index in [4.69, 9.17) is 9.47 Å².